The van der Waals surface area contributed by atoms with Crippen molar-refractivity contribution in [3.8, 4) is 0 Å². The van der Waals surface area contributed by atoms with Crippen molar-refractivity contribution in [2.24, 2.45) is 17.4 Å². The van der Waals surface area contributed by atoms with Gasteiger partial charge >= 0.3 is 11.7 Å². The van der Waals surface area contributed by atoms with Gasteiger partial charge in [0.2, 0.25) is 5.91 Å². The molecule has 0 atom stereocenters. The summed E-state index contributed by atoms with van der Waals surface area (Å²) in [7, 11) is 0. The van der Waals surface area contributed by atoms with E-state index in [1.165, 1.54) is 0 Å². The van der Waals surface area contributed by atoms with Crippen molar-refractivity contribution in [1.29, 1.82) is 0 Å². The number of carbonyl (C=O) groups excluding carboxylic acids is 2. The molecule has 2 heterocycles. The van der Waals surface area contributed by atoms with Crippen LogP contribution in [-0.4, -0.2) is 99.8 Å². The van der Waals surface area contributed by atoms with Gasteiger partial charge in [-0.05, 0) is 77.2 Å². The van der Waals surface area contributed by atoms with Crippen LogP contribution in [0.5, 0.6) is 0 Å². The molecule has 3 aliphatic rings. The quantitative estimate of drug-likeness (QED) is 0.417. The van der Waals surface area contributed by atoms with E-state index in [0.29, 0.717) is 44.7 Å². The predicted octanol–water partition coefficient (Wildman–Crippen LogP) is 2.35. The van der Waals surface area contributed by atoms with E-state index >= 15 is 0 Å². The number of alkyl halides is 1. The lowest BCUT2D eigenvalue weighted by molar-refractivity contribution is -0.137. The first-order valence-corrected chi connectivity index (χ1v) is 14.8. The average molecular weight is 599 g/mol. The molecule has 0 radical (unpaired) electrons. The zero-order valence-corrected chi connectivity index (χ0v) is 25.3. The molecule has 2 saturated carbocycles. The molecule has 0 bridgehead atoms. The molecule has 232 valence electrons. The van der Waals surface area contributed by atoms with Crippen LogP contribution in [0.25, 0.3) is 0 Å². The van der Waals surface area contributed by atoms with E-state index in [1.807, 2.05) is 0 Å². The second-order valence-electron chi connectivity index (χ2n) is 12.4. The average Bonchev–Trinajstić information content (AvgIpc) is 2.93. The third-order valence-electron chi connectivity index (χ3n) is 8.80. The van der Waals surface area contributed by atoms with Gasteiger partial charge in [0, 0.05) is 63.6 Å². The number of hydrogen-bond donors (Lipinski definition) is 3. The molecule has 2 aliphatic carbocycles. The van der Waals surface area contributed by atoms with Gasteiger partial charge < -0.3 is 21.3 Å². The molecule has 3 fully saturated rings. The normalized spacial score (nSPS) is 25.5. The van der Waals surface area contributed by atoms with Gasteiger partial charge in [-0.25, -0.2) is 14.0 Å². The van der Waals surface area contributed by atoms with Gasteiger partial charge in [0.1, 0.15) is 12.5 Å². The highest BCUT2D eigenvalue weighted by molar-refractivity contribution is 5.89. The number of nitrogens with two attached hydrogens (primary N) is 2. The Hall–Kier alpha value is -2.28. The molecule has 4 rings (SSSR count). The number of rotatable bonds is 8. The maximum absolute atomic E-state index is 13.3. The third kappa shape index (κ3) is 8.86. The van der Waals surface area contributed by atoms with Crippen molar-refractivity contribution in [2.45, 2.75) is 88.9 Å². The maximum Gasteiger partial charge on any atom is 0.349 e. The summed E-state index contributed by atoms with van der Waals surface area (Å²) >= 11 is 0. The van der Waals surface area contributed by atoms with Gasteiger partial charge in [-0.3, -0.25) is 19.6 Å². The van der Waals surface area contributed by atoms with E-state index in [-0.39, 0.29) is 54.6 Å². The Bertz CT molecular complexity index is 1060. The number of aromatic nitrogens is 2. The molecule has 1 aromatic rings. The molecule has 0 spiro atoms. The monoisotopic (exact) mass is 598 g/mol. The smallest absolute Gasteiger partial charge is 0.338 e. The first kappa shape index (κ1) is 33.2. The van der Waals surface area contributed by atoms with Crippen molar-refractivity contribution in [3.63, 3.8) is 0 Å². The first-order valence-electron chi connectivity index (χ1n) is 14.8. The molecule has 3 amide bonds. The summed E-state index contributed by atoms with van der Waals surface area (Å²) in [4.78, 5) is 47.7. The van der Waals surface area contributed by atoms with Crippen molar-refractivity contribution < 1.29 is 14.0 Å². The Morgan fingerprint density at radius 1 is 1.05 bits per heavy atom. The van der Waals surface area contributed by atoms with Crippen LogP contribution in [0.15, 0.2) is 17.1 Å². The minimum Gasteiger partial charge on any atom is -0.338 e. The molecule has 41 heavy (non-hydrogen) atoms. The molecule has 13 heteroatoms. The van der Waals surface area contributed by atoms with Crippen LogP contribution in [0.3, 0.4) is 0 Å². The molecule has 0 aromatic carbocycles. The highest BCUT2D eigenvalue weighted by Crippen LogP contribution is 2.33. The standard InChI is InChI=1S/C28H47FN8O3.ClH/c1-28(2,31)25(38)34-15-17-35(18-16-34)26(39)32-24-11-13-37(27(40)33-24)23-7-3-20(4-8-23)19-36(14-12-29)22-9-5-21(30)6-10-22;/h11,13,20-23H,3-10,12,14-19,30-31H2,1-2H3,(H,32,33,39,40);1H/t20-,21-,22+,23-;. The minimum absolute atomic E-state index is 0. The molecule has 5 N–H and O–H groups in total. The molecule has 11 nitrogen and oxygen atoms in total. The van der Waals surface area contributed by atoms with Crippen LogP contribution < -0.4 is 22.5 Å². The zero-order valence-electron chi connectivity index (χ0n) is 24.5. The second-order valence-corrected chi connectivity index (χ2v) is 12.4. The summed E-state index contributed by atoms with van der Waals surface area (Å²) in [6.07, 6.45) is 9.55. The number of nitrogens with one attached hydrogen (secondary N) is 1. The lowest BCUT2D eigenvalue weighted by Gasteiger charge is -2.39. The number of halogens is 2. The summed E-state index contributed by atoms with van der Waals surface area (Å²) in [5, 5.41) is 2.72. The van der Waals surface area contributed by atoms with Crippen LogP contribution >= 0.6 is 12.4 Å². The van der Waals surface area contributed by atoms with E-state index in [1.54, 1.807) is 40.5 Å². The zero-order chi connectivity index (χ0) is 28.9. The Morgan fingerprint density at radius 3 is 2.22 bits per heavy atom. The summed E-state index contributed by atoms with van der Waals surface area (Å²) < 4.78 is 15.0. The lowest BCUT2D eigenvalue weighted by Crippen LogP contribution is -2.58. The summed E-state index contributed by atoms with van der Waals surface area (Å²) in [6.45, 7) is 5.98. The van der Waals surface area contributed by atoms with E-state index in [2.05, 4.69) is 15.2 Å². The molecule has 1 aromatic heterocycles. The molecule has 1 aliphatic heterocycles. The number of urea groups is 1. The lowest BCUT2D eigenvalue weighted by atomic mass is 9.84. The van der Waals surface area contributed by atoms with Gasteiger partial charge in [-0.1, -0.05) is 0 Å². The Morgan fingerprint density at radius 2 is 1.66 bits per heavy atom. The van der Waals surface area contributed by atoms with Crippen LogP contribution in [0.4, 0.5) is 15.0 Å². The largest absolute Gasteiger partial charge is 0.349 e. The SMILES string of the molecule is CC(C)(N)C(=O)N1CCN(C(=O)Nc2ccn([C@H]3CC[C@H](CN(CCF)[C@H]4CC[C@@H](N)CC4)CC3)c(=O)n2)CC1.Cl. The van der Waals surface area contributed by atoms with Crippen molar-refractivity contribution in [3.05, 3.63) is 22.7 Å². The maximum atomic E-state index is 13.3. The van der Waals surface area contributed by atoms with E-state index in [9.17, 15) is 18.8 Å². The van der Waals surface area contributed by atoms with Crippen LogP contribution in [0.2, 0.25) is 0 Å². The van der Waals surface area contributed by atoms with E-state index in [4.69, 9.17) is 11.5 Å². The fourth-order valence-electron chi connectivity index (χ4n) is 6.40. The molecule has 0 unspecified atom stereocenters. The van der Waals surface area contributed by atoms with Gasteiger partial charge in [0.15, 0.2) is 0 Å². The topological polar surface area (TPSA) is 143 Å². The highest BCUT2D eigenvalue weighted by atomic mass is 35.5. The summed E-state index contributed by atoms with van der Waals surface area (Å²) in [5.74, 6) is 0.571. The minimum atomic E-state index is -0.947. The van der Waals surface area contributed by atoms with Crippen LogP contribution in [0, 0.1) is 5.92 Å². The number of hydrogen-bond acceptors (Lipinski definition) is 7. The van der Waals surface area contributed by atoms with Gasteiger partial charge in [-0.2, -0.15) is 4.98 Å². The van der Waals surface area contributed by atoms with Gasteiger partial charge in [0.05, 0.1) is 5.54 Å². The molecular formula is C28H48ClFN8O3. The molecular weight excluding hydrogens is 551 g/mol. The first-order chi connectivity index (χ1) is 19.0. The Kier molecular flexibility index (Phi) is 12.0. The van der Waals surface area contributed by atoms with Gasteiger partial charge in [-0.15, -0.1) is 12.4 Å². The fraction of sp³-hybridized carbons (Fsp3) is 0.786. The molecule has 1 saturated heterocycles. The predicted molar refractivity (Wildman–Crippen MR) is 160 cm³/mol. The highest BCUT2D eigenvalue weighted by Gasteiger charge is 2.32. The fourth-order valence-corrected chi connectivity index (χ4v) is 6.40. The van der Waals surface area contributed by atoms with Crippen molar-refractivity contribution in [2.75, 3.05) is 51.3 Å². The number of nitrogens with zero attached hydrogens (tertiary/aromatic N) is 5. The Labute approximate surface area is 248 Å². The third-order valence-corrected chi connectivity index (χ3v) is 8.80. The van der Waals surface area contributed by atoms with Crippen molar-refractivity contribution >= 4 is 30.2 Å². The number of carbonyl (C=O) groups is 2. The summed E-state index contributed by atoms with van der Waals surface area (Å²) in [5.41, 5.74) is 10.7. The number of amides is 3. The van der Waals surface area contributed by atoms with Crippen molar-refractivity contribution in [1.82, 2.24) is 24.3 Å². The van der Waals surface area contributed by atoms with Crippen LogP contribution in [0.1, 0.15) is 71.3 Å². The van der Waals surface area contributed by atoms with E-state index < -0.39 is 5.54 Å². The van der Waals surface area contributed by atoms with Crippen LogP contribution in [-0.2, 0) is 4.79 Å². The second kappa shape index (κ2) is 14.8. The number of piperazine rings is 1. The van der Waals surface area contributed by atoms with E-state index in [0.717, 1.165) is 57.9 Å². The number of anilines is 1. The van der Waals surface area contributed by atoms with Gasteiger partial charge in [0.25, 0.3) is 0 Å². The Balaban J connectivity index is 0.00000462. The summed E-state index contributed by atoms with van der Waals surface area (Å²) in [6, 6.07) is 2.09.